The van der Waals surface area contributed by atoms with Crippen LogP contribution in [0, 0.1) is 5.41 Å². The Hall–Kier alpha value is -1.92. The Kier molecular flexibility index (Phi) is 4.25. The van der Waals surface area contributed by atoms with Gasteiger partial charge in [0.15, 0.2) is 0 Å². The number of nitrogens with one attached hydrogen (secondary N) is 1. The van der Waals surface area contributed by atoms with Gasteiger partial charge in [0.2, 0.25) is 5.91 Å². The Bertz CT molecular complexity index is 762. The zero-order chi connectivity index (χ0) is 17.4. The Morgan fingerprint density at radius 2 is 2.28 bits per heavy atom. The van der Waals surface area contributed by atoms with Crippen LogP contribution in [0.25, 0.3) is 11.0 Å². The number of carbonyl (C=O) groups excluding carboxylic acids is 1. The summed E-state index contributed by atoms with van der Waals surface area (Å²) in [6, 6.07) is 3.88. The average Bonchev–Trinajstić information content (AvgIpc) is 3.05. The first kappa shape index (κ1) is 16.5. The van der Waals surface area contributed by atoms with Crippen molar-refractivity contribution in [3.63, 3.8) is 0 Å². The minimum Gasteiger partial charge on any atom is -0.392 e. The molecule has 4 rings (SSSR count). The Morgan fingerprint density at radius 3 is 3.00 bits per heavy atom. The van der Waals surface area contributed by atoms with Gasteiger partial charge in [-0.2, -0.15) is 0 Å². The molecule has 2 atom stereocenters. The first-order chi connectivity index (χ1) is 12.1. The van der Waals surface area contributed by atoms with Gasteiger partial charge in [0, 0.05) is 49.3 Å². The second kappa shape index (κ2) is 6.42. The SMILES string of the molecule is CCO[C@@H]1C[C@H](O)C12CCN(C(=O)Cc1c[nH]c3ncccc13)CC2. The first-order valence-corrected chi connectivity index (χ1v) is 9.12. The van der Waals surface area contributed by atoms with Gasteiger partial charge in [-0.25, -0.2) is 4.98 Å². The third-order valence-electron chi connectivity index (χ3n) is 6.04. The number of aromatic nitrogens is 2. The van der Waals surface area contributed by atoms with E-state index in [0.29, 0.717) is 26.1 Å². The smallest absolute Gasteiger partial charge is 0.227 e. The normalized spacial score (nSPS) is 25.3. The second-order valence-electron chi connectivity index (χ2n) is 7.20. The molecule has 6 heteroatoms. The molecule has 0 bridgehead atoms. The number of nitrogens with zero attached hydrogens (tertiary/aromatic N) is 2. The summed E-state index contributed by atoms with van der Waals surface area (Å²) in [5, 5.41) is 11.3. The molecule has 6 nitrogen and oxygen atoms in total. The van der Waals surface area contributed by atoms with Crippen LogP contribution in [0.15, 0.2) is 24.5 Å². The Balaban J connectivity index is 1.40. The number of piperidine rings is 1. The van der Waals surface area contributed by atoms with Gasteiger partial charge in [-0.3, -0.25) is 4.79 Å². The van der Waals surface area contributed by atoms with E-state index in [4.69, 9.17) is 4.74 Å². The molecule has 0 aromatic carbocycles. The van der Waals surface area contributed by atoms with Crippen molar-refractivity contribution in [3.05, 3.63) is 30.1 Å². The molecule has 25 heavy (non-hydrogen) atoms. The van der Waals surface area contributed by atoms with Crippen molar-refractivity contribution in [2.24, 2.45) is 5.41 Å². The summed E-state index contributed by atoms with van der Waals surface area (Å²) in [5.41, 5.74) is 1.67. The number of aliphatic hydroxyl groups excluding tert-OH is 1. The highest BCUT2D eigenvalue weighted by Crippen LogP contribution is 2.50. The molecule has 0 radical (unpaired) electrons. The fourth-order valence-corrected chi connectivity index (χ4v) is 4.42. The van der Waals surface area contributed by atoms with Gasteiger partial charge >= 0.3 is 0 Å². The topological polar surface area (TPSA) is 78.5 Å². The highest BCUT2D eigenvalue weighted by atomic mass is 16.5. The lowest BCUT2D eigenvalue weighted by atomic mass is 9.58. The van der Waals surface area contributed by atoms with Crippen LogP contribution in [0.4, 0.5) is 0 Å². The van der Waals surface area contributed by atoms with Gasteiger partial charge in [-0.15, -0.1) is 0 Å². The number of pyridine rings is 1. The summed E-state index contributed by atoms with van der Waals surface area (Å²) < 4.78 is 5.80. The zero-order valence-electron chi connectivity index (χ0n) is 14.6. The number of aromatic amines is 1. The van der Waals surface area contributed by atoms with Crippen LogP contribution in [0.2, 0.25) is 0 Å². The zero-order valence-corrected chi connectivity index (χ0v) is 14.6. The fourth-order valence-electron chi connectivity index (χ4n) is 4.42. The molecule has 0 unspecified atom stereocenters. The summed E-state index contributed by atoms with van der Waals surface area (Å²) in [7, 11) is 0. The molecule has 2 aromatic heterocycles. The molecular weight excluding hydrogens is 318 g/mol. The van der Waals surface area contributed by atoms with Crippen molar-refractivity contribution in [1.82, 2.24) is 14.9 Å². The summed E-state index contributed by atoms with van der Waals surface area (Å²) in [4.78, 5) is 22.0. The maximum absolute atomic E-state index is 12.7. The van der Waals surface area contributed by atoms with Crippen LogP contribution in [0.1, 0.15) is 31.7 Å². The van der Waals surface area contributed by atoms with Crippen molar-refractivity contribution in [3.8, 4) is 0 Å². The third kappa shape index (κ3) is 2.73. The van der Waals surface area contributed by atoms with E-state index >= 15 is 0 Å². The predicted octanol–water partition coefficient (Wildman–Crippen LogP) is 1.88. The van der Waals surface area contributed by atoms with Crippen LogP contribution in [0.3, 0.4) is 0 Å². The van der Waals surface area contributed by atoms with E-state index in [1.165, 1.54) is 0 Å². The lowest BCUT2D eigenvalue weighted by molar-refractivity contribution is -0.210. The van der Waals surface area contributed by atoms with Crippen LogP contribution in [-0.2, 0) is 16.0 Å². The number of amides is 1. The number of fused-ring (bicyclic) bond motifs is 1. The quantitative estimate of drug-likeness (QED) is 0.888. The van der Waals surface area contributed by atoms with Crippen molar-refractivity contribution in [2.45, 2.75) is 44.8 Å². The first-order valence-electron chi connectivity index (χ1n) is 9.12. The standard InChI is InChI=1S/C19H25N3O3/c1-2-25-16-11-15(23)19(16)5-8-22(9-6-19)17(24)10-13-12-21-18-14(13)4-3-7-20-18/h3-4,7,12,15-16,23H,2,5-6,8-11H2,1H3,(H,20,21)/t15-,16+/m0/s1. The van der Waals surface area contributed by atoms with Crippen LogP contribution < -0.4 is 0 Å². The lowest BCUT2D eigenvalue weighted by Gasteiger charge is -2.56. The summed E-state index contributed by atoms with van der Waals surface area (Å²) in [6.07, 6.45) is 6.22. The molecule has 2 aromatic rings. The van der Waals surface area contributed by atoms with E-state index in [0.717, 1.165) is 35.9 Å². The van der Waals surface area contributed by atoms with Crippen molar-refractivity contribution in [1.29, 1.82) is 0 Å². The van der Waals surface area contributed by atoms with E-state index in [1.54, 1.807) is 6.20 Å². The predicted molar refractivity (Wildman–Crippen MR) is 94.1 cm³/mol. The molecule has 134 valence electrons. The molecular formula is C19H25N3O3. The molecule has 2 fully saturated rings. The van der Waals surface area contributed by atoms with E-state index in [-0.39, 0.29) is 23.5 Å². The van der Waals surface area contributed by atoms with Crippen molar-refractivity contribution in [2.75, 3.05) is 19.7 Å². The maximum Gasteiger partial charge on any atom is 0.227 e. The van der Waals surface area contributed by atoms with E-state index in [1.807, 2.05) is 30.2 Å². The molecule has 1 aliphatic heterocycles. The van der Waals surface area contributed by atoms with Gasteiger partial charge in [0.05, 0.1) is 18.6 Å². The fraction of sp³-hybridized carbons (Fsp3) is 0.579. The van der Waals surface area contributed by atoms with Crippen molar-refractivity contribution >= 4 is 16.9 Å². The lowest BCUT2D eigenvalue weighted by Crippen LogP contribution is -2.62. The van der Waals surface area contributed by atoms with Gasteiger partial charge in [-0.05, 0) is 37.5 Å². The number of likely N-dealkylation sites (tertiary alicyclic amines) is 1. The largest absolute Gasteiger partial charge is 0.392 e. The number of H-pyrrole nitrogens is 1. The molecule has 1 saturated carbocycles. The summed E-state index contributed by atoms with van der Waals surface area (Å²) in [6.45, 7) is 4.06. The average molecular weight is 343 g/mol. The number of hydrogen-bond acceptors (Lipinski definition) is 4. The summed E-state index contributed by atoms with van der Waals surface area (Å²) >= 11 is 0. The highest BCUT2D eigenvalue weighted by Gasteiger charge is 2.56. The monoisotopic (exact) mass is 343 g/mol. The maximum atomic E-state index is 12.7. The van der Waals surface area contributed by atoms with Crippen molar-refractivity contribution < 1.29 is 14.6 Å². The van der Waals surface area contributed by atoms with Crippen LogP contribution in [-0.4, -0.2) is 57.8 Å². The number of rotatable bonds is 4. The van der Waals surface area contributed by atoms with E-state index < -0.39 is 0 Å². The number of hydrogen-bond donors (Lipinski definition) is 2. The number of ether oxygens (including phenoxy) is 1. The van der Waals surface area contributed by atoms with E-state index in [2.05, 4.69) is 9.97 Å². The van der Waals surface area contributed by atoms with E-state index in [9.17, 15) is 9.90 Å². The Morgan fingerprint density at radius 1 is 1.48 bits per heavy atom. The van der Waals surface area contributed by atoms with Gasteiger partial charge in [0.25, 0.3) is 0 Å². The third-order valence-corrected chi connectivity index (χ3v) is 6.04. The van der Waals surface area contributed by atoms with Crippen LogP contribution in [0.5, 0.6) is 0 Å². The van der Waals surface area contributed by atoms with Gasteiger partial charge < -0.3 is 19.7 Å². The minimum absolute atomic E-state index is 0.140. The molecule has 1 spiro atoms. The molecule has 3 heterocycles. The number of carbonyl (C=O) groups is 1. The molecule has 1 aliphatic carbocycles. The molecule has 1 amide bonds. The van der Waals surface area contributed by atoms with Crippen LogP contribution >= 0.6 is 0 Å². The second-order valence-corrected chi connectivity index (χ2v) is 7.20. The summed E-state index contributed by atoms with van der Waals surface area (Å²) in [5.74, 6) is 0.140. The molecule has 2 N–H and O–H groups in total. The minimum atomic E-state index is -0.291. The molecule has 1 saturated heterocycles. The Labute approximate surface area is 147 Å². The number of aliphatic hydroxyl groups is 1. The molecule has 2 aliphatic rings. The highest BCUT2D eigenvalue weighted by molar-refractivity contribution is 5.87. The van der Waals surface area contributed by atoms with Gasteiger partial charge in [-0.1, -0.05) is 0 Å². The van der Waals surface area contributed by atoms with Gasteiger partial charge in [0.1, 0.15) is 5.65 Å².